The number of fused-ring (bicyclic) bond motifs is 1. The molecule has 0 saturated heterocycles. The molecule has 1 aromatic carbocycles. The first-order valence-corrected chi connectivity index (χ1v) is 6.40. The van der Waals surface area contributed by atoms with Crippen LogP contribution in [0.5, 0.6) is 11.5 Å². The Labute approximate surface area is 124 Å². The van der Waals surface area contributed by atoms with Crippen molar-refractivity contribution in [3.63, 3.8) is 0 Å². The van der Waals surface area contributed by atoms with Crippen LogP contribution < -0.4 is 14.8 Å². The Bertz CT molecular complexity index is 549. The average Bonchev–Trinajstić information content (AvgIpc) is 2.48. The molecular formula is C15H17ClN2O2. The molecule has 3 rings (SSSR count). The van der Waals surface area contributed by atoms with Crippen molar-refractivity contribution in [2.75, 3.05) is 13.2 Å². The standard InChI is InChI=1S/C15H16N2O2.ClH/c1-2-13(10-16-5-1)11-17-9-12-3-4-14-15(8-12)19-7-6-18-14;/h1-5,8,10,17H,6-7,9,11H2;1H. The fourth-order valence-electron chi connectivity index (χ4n) is 2.05. The number of ether oxygens (including phenoxy) is 2. The first-order valence-electron chi connectivity index (χ1n) is 6.40. The number of halogens is 1. The van der Waals surface area contributed by atoms with Crippen molar-refractivity contribution < 1.29 is 9.47 Å². The van der Waals surface area contributed by atoms with Gasteiger partial charge < -0.3 is 14.8 Å². The van der Waals surface area contributed by atoms with Crippen LogP contribution in [0.25, 0.3) is 0 Å². The quantitative estimate of drug-likeness (QED) is 0.940. The number of nitrogens with zero attached hydrogens (tertiary/aromatic N) is 1. The molecule has 0 saturated carbocycles. The highest BCUT2D eigenvalue weighted by molar-refractivity contribution is 5.85. The lowest BCUT2D eigenvalue weighted by Gasteiger charge is -2.19. The largest absolute Gasteiger partial charge is 0.486 e. The van der Waals surface area contributed by atoms with Crippen LogP contribution in [-0.2, 0) is 13.1 Å². The van der Waals surface area contributed by atoms with Gasteiger partial charge >= 0.3 is 0 Å². The molecule has 0 bridgehead atoms. The molecule has 2 heterocycles. The minimum absolute atomic E-state index is 0. The highest BCUT2D eigenvalue weighted by Crippen LogP contribution is 2.30. The van der Waals surface area contributed by atoms with Crippen LogP contribution in [0.15, 0.2) is 42.7 Å². The third kappa shape index (κ3) is 3.62. The second-order valence-corrected chi connectivity index (χ2v) is 4.44. The van der Waals surface area contributed by atoms with Gasteiger partial charge in [-0.05, 0) is 29.3 Å². The summed E-state index contributed by atoms with van der Waals surface area (Å²) in [6.45, 7) is 2.86. The maximum Gasteiger partial charge on any atom is 0.161 e. The van der Waals surface area contributed by atoms with Crippen LogP contribution in [0, 0.1) is 0 Å². The van der Waals surface area contributed by atoms with Crippen molar-refractivity contribution in [2.24, 2.45) is 0 Å². The molecule has 0 aliphatic carbocycles. The molecule has 0 radical (unpaired) electrons. The van der Waals surface area contributed by atoms with E-state index in [-0.39, 0.29) is 12.4 Å². The maximum absolute atomic E-state index is 5.57. The van der Waals surface area contributed by atoms with E-state index in [4.69, 9.17) is 9.47 Å². The molecule has 1 aliphatic heterocycles. The van der Waals surface area contributed by atoms with E-state index < -0.39 is 0 Å². The van der Waals surface area contributed by atoms with Gasteiger partial charge in [0.05, 0.1) is 0 Å². The van der Waals surface area contributed by atoms with E-state index in [0.29, 0.717) is 13.2 Å². The van der Waals surface area contributed by atoms with Crippen molar-refractivity contribution in [1.82, 2.24) is 10.3 Å². The number of nitrogens with one attached hydrogen (secondary N) is 1. The van der Waals surface area contributed by atoms with E-state index >= 15 is 0 Å². The summed E-state index contributed by atoms with van der Waals surface area (Å²) in [5, 5.41) is 3.39. The van der Waals surface area contributed by atoms with Gasteiger partial charge in [0.2, 0.25) is 0 Å². The molecule has 4 nitrogen and oxygen atoms in total. The molecular weight excluding hydrogens is 276 g/mol. The number of benzene rings is 1. The van der Waals surface area contributed by atoms with Gasteiger partial charge in [0.25, 0.3) is 0 Å². The monoisotopic (exact) mass is 292 g/mol. The Hall–Kier alpha value is -1.78. The molecule has 0 spiro atoms. The Morgan fingerprint density at radius 1 is 1.00 bits per heavy atom. The highest BCUT2D eigenvalue weighted by atomic mass is 35.5. The van der Waals surface area contributed by atoms with Crippen LogP contribution in [0.3, 0.4) is 0 Å². The van der Waals surface area contributed by atoms with E-state index in [2.05, 4.69) is 22.4 Å². The number of rotatable bonds is 4. The zero-order valence-corrected chi connectivity index (χ0v) is 11.9. The van der Waals surface area contributed by atoms with Gasteiger partial charge in [-0.1, -0.05) is 12.1 Å². The van der Waals surface area contributed by atoms with E-state index in [9.17, 15) is 0 Å². The van der Waals surface area contributed by atoms with Crippen LogP contribution in [0.2, 0.25) is 0 Å². The van der Waals surface area contributed by atoms with Gasteiger partial charge in [0.1, 0.15) is 13.2 Å². The van der Waals surface area contributed by atoms with Gasteiger partial charge in [-0.3, -0.25) is 4.98 Å². The molecule has 0 fully saturated rings. The molecule has 5 heteroatoms. The lowest BCUT2D eigenvalue weighted by atomic mass is 10.2. The van der Waals surface area contributed by atoms with Crippen LogP contribution in [0.4, 0.5) is 0 Å². The van der Waals surface area contributed by atoms with Crippen LogP contribution >= 0.6 is 12.4 Å². The van der Waals surface area contributed by atoms with E-state index in [1.54, 1.807) is 6.20 Å². The number of hydrogen-bond acceptors (Lipinski definition) is 4. The topological polar surface area (TPSA) is 43.4 Å². The lowest BCUT2D eigenvalue weighted by molar-refractivity contribution is 0.171. The van der Waals surface area contributed by atoms with E-state index in [1.165, 1.54) is 11.1 Å². The first kappa shape index (κ1) is 14.6. The molecule has 2 aromatic rings. The number of hydrogen-bond donors (Lipinski definition) is 1. The summed E-state index contributed by atoms with van der Waals surface area (Å²) in [5.74, 6) is 1.68. The predicted molar refractivity (Wildman–Crippen MR) is 79.5 cm³/mol. The molecule has 20 heavy (non-hydrogen) atoms. The number of aromatic nitrogens is 1. The fraction of sp³-hybridized carbons (Fsp3) is 0.267. The molecule has 1 aromatic heterocycles. The Morgan fingerprint density at radius 2 is 1.80 bits per heavy atom. The second kappa shape index (κ2) is 7.12. The molecule has 0 atom stereocenters. The highest BCUT2D eigenvalue weighted by Gasteiger charge is 2.11. The van der Waals surface area contributed by atoms with E-state index in [1.807, 2.05) is 24.4 Å². The Balaban J connectivity index is 0.00000147. The predicted octanol–water partition coefficient (Wildman–Crippen LogP) is 2.56. The van der Waals surface area contributed by atoms with Gasteiger partial charge in [-0.2, -0.15) is 0 Å². The molecule has 1 aliphatic rings. The normalized spacial score (nSPS) is 12.6. The van der Waals surface area contributed by atoms with Crippen molar-refractivity contribution in [1.29, 1.82) is 0 Å². The van der Waals surface area contributed by atoms with Gasteiger partial charge in [0.15, 0.2) is 11.5 Å². The average molecular weight is 293 g/mol. The summed E-state index contributed by atoms with van der Waals surface area (Å²) in [6, 6.07) is 10.1. The zero-order chi connectivity index (χ0) is 12.9. The fourth-order valence-corrected chi connectivity index (χ4v) is 2.05. The van der Waals surface area contributed by atoms with Gasteiger partial charge in [-0.15, -0.1) is 12.4 Å². The Kier molecular flexibility index (Phi) is 5.21. The maximum atomic E-state index is 5.57. The third-order valence-corrected chi connectivity index (χ3v) is 2.99. The summed E-state index contributed by atoms with van der Waals surface area (Å²) in [7, 11) is 0. The molecule has 0 amide bonds. The second-order valence-electron chi connectivity index (χ2n) is 4.44. The molecule has 0 unspecified atom stereocenters. The van der Waals surface area contributed by atoms with Crippen LogP contribution in [-0.4, -0.2) is 18.2 Å². The molecule has 1 N–H and O–H groups in total. The van der Waals surface area contributed by atoms with Crippen molar-refractivity contribution >= 4 is 12.4 Å². The van der Waals surface area contributed by atoms with Crippen molar-refractivity contribution in [3.05, 3.63) is 53.9 Å². The summed E-state index contributed by atoms with van der Waals surface area (Å²) in [5.41, 5.74) is 2.37. The zero-order valence-electron chi connectivity index (χ0n) is 11.0. The van der Waals surface area contributed by atoms with Crippen molar-refractivity contribution in [3.8, 4) is 11.5 Å². The molecule has 106 valence electrons. The number of pyridine rings is 1. The summed E-state index contributed by atoms with van der Waals surface area (Å²) in [6.07, 6.45) is 3.65. The van der Waals surface area contributed by atoms with Gasteiger partial charge in [0, 0.05) is 25.5 Å². The SMILES string of the molecule is Cl.c1cncc(CNCc2ccc3c(c2)OCCO3)c1. The summed E-state index contributed by atoms with van der Waals surface area (Å²) >= 11 is 0. The first-order chi connectivity index (χ1) is 9.42. The third-order valence-electron chi connectivity index (χ3n) is 2.99. The summed E-state index contributed by atoms with van der Waals surface area (Å²) in [4.78, 5) is 4.09. The van der Waals surface area contributed by atoms with Crippen LogP contribution in [0.1, 0.15) is 11.1 Å². The Morgan fingerprint density at radius 3 is 2.60 bits per heavy atom. The van der Waals surface area contributed by atoms with E-state index in [0.717, 1.165) is 24.6 Å². The minimum Gasteiger partial charge on any atom is -0.486 e. The lowest BCUT2D eigenvalue weighted by Crippen LogP contribution is -2.16. The smallest absolute Gasteiger partial charge is 0.161 e. The van der Waals surface area contributed by atoms with Crippen molar-refractivity contribution in [2.45, 2.75) is 13.1 Å². The van der Waals surface area contributed by atoms with Gasteiger partial charge in [-0.25, -0.2) is 0 Å². The minimum atomic E-state index is 0. The summed E-state index contributed by atoms with van der Waals surface area (Å²) < 4.78 is 11.1.